The fourth-order valence-corrected chi connectivity index (χ4v) is 6.25. The summed E-state index contributed by atoms with van der Waals surface area (Å²) in [5.74, 6) is 1.16. The Morgan fingerprint density at radius 2 is 2.14 bits per heavy atom. The maximum absolute atomic E-state index is 13.9. The minimum atomic E-state index is -0.710. The number of hydrogen-bond donors (Lipinski definition) is 0. The van der Waals surface area contributed by atoms with Crippen molar-refractivity contribution in [2.45, 2.75) is 44.2 Å². The summed E-state index contributed by atoms with van der Waals surface area (Å²) in [5.41, 5.74) is 2.27. The molecule has 2 fully saturated rings. The van der Waals surface area contributed by atoms with Crippen LogP contribution in [0.4, 0.5) is 5.69 Å². The number of ketones is 1. The second-order valence-corrected chi connectivity index (χ2v) is 8.92. The molecule has 0 N–H and O–H groups in total. The lowest BCUT2D eigenvalue weighted by Gasteiger charge is -2.51. The van der Waals surface area contributed by atoms with Crippen LogP contribution in [0.25, 0.3) is 0 Å². The van der Waals surface area contributed by atoms with Crippen LogP contribution < -0.4 is 9.64 Å². The summed E-state index contributed by atoms with van der Waals surface area (Å²) >= 11 is 0. The lowest BCUT2D eigenvalue weighted by molar-refractivity contribution is -0.134. The molecule has 1 spiro atoms. The molecule has 1 aliphatic carbocycles. The van der Waals surface area contributed by atoms with Gasteiger partial charge in [-0.3, -0.25) is 9.59 Å². The summed E-state index contributed by atoms with van der Waals surface area (Å²) < 4.78 is 11.7. The zero-order valence-electron chi connectivity index (χ0n) is 17.5. The zero-order chi connectivity index (χ0) is 20.5. The third-order valence-corrected chi connectivity index (χ3v) is 7.56. The molecule has 1 amide bonds. The van der Waals surface area contributed by atoms with Crippen LogP contribution in [0.3, 0.4) is 0 Å². The number of benzene rings is 1. The average molecular weight is 396 g/mol. The first-order chi connectivity index (χ1) is 13.9. The van der Waals surface area contributed by atoms with E-state index in [4.69, 9.17) is 9.47 Å². The zero-order valence-corrected chi connectivity index (χ0v) is 17.5. The van der Waals surface area contributed by atoms with Crippen LogP contribution in [0.2, 0.25) is 0 Å². The number of fused-ring (bicyclic) bond motifs is 3. The van der Waals surface area contributed by atoms with Gasteiger partial charge in [0, 0.05) is 44.7 Å². The van der Waals surface area contributed by atoms with Crippen molar-refractivity contribution in [2.24, 2.45) is 11.8 Å². The molecule has 2 bridgehead atoms. The van der Waals surface area contributed by atoms with E-state index in [-0.39, 0.29) is 35.7 Å². The predicted molar refractivity (Wildman–Crippen MR) is 109 cm³/mol. The first kappa shape index (κ1) is 18.7. The molecule has 5 atom stereocenters. The highest BCUT2D eigenvalue weighted by molar-refractivity contribution is 6.04. The summed E-state index contributed by atoms with van der Waals surface area (Å²) in [5, 5.41) is 0. The Bertz CT molecular complexity index is 925. The molecule has 1 aromatic rings. The van der Waals surface area contributed by atoms with Gasteiger partial charge in [-0.1, -0.05) is 0 Å². The van der Waals surface area contributed by atoms with Gasteiger partial charge < -0.3 is 19.3 Å². The number of methoxy groups -OCH3 is 1. The maximum atomic E-state index is 13.9. The van der Waals surface area contributed by atoms with Crippen molar-refractivity contribution < 1.29 is 19.1 Å². The summed E-state index contributed by atoms with van der Waals surface area (Å²) in [4.78, 5) is 30.8. The van der Waals surface area contributed by atoms with Crippen molar-refractivity contribution in [3.8, 4) is 5.75 Å². The van der Waals surface area contributed by atoms with Crippen molar-refractivity contribution in [3.63, 3.8) is 0 Å². The lowest BCUT2D eigenvalue weighted by Crippen LogP contribution is -2.63. The van der Waals surface area contributed by atoms with E-state index in [1.54, 1.807) is 14.0 Å². The Labute approximate surface area is 171 Å². The van der Waals surface area contributed by atoms with E-state index in [0.717, 1.165) is 23.5 Å². The fraction of sp³-hybridized carbons (Fsp3) is 0.565. The molecule has 29 heavy (non-hydrogen) atoms. The van der Waals surface area contributed by atoms with Crippen LogP contribution in [0, 0.1) is 11.8 Å². The number of ether oxygens (including phenoxy) is 2. The van der Waals surface area contributed by atoms with Gasteiger partial charge in [0.05, 0.1) is 31.3 Å². The Morgan fingerprint density at radius 1 is 1.34 bits per heavy atom. The van der Waals surface area contributed by atoms with Crippen molar-refractivity contribution in [3.05, 3.63) is 35.5 Å². The second-order valence-electron chi connectivity index (χ2n) is 8.92. The molecule has 154 valence electrons. The highest BCUT2D eigenvalue weighted by Gasteiger charge is 2.64. The minimum Gasteiger partial charge on any atom is -0.497 e. The summed E-state index contributed by atoms with van der Waals surface area (Å²) in [6.07, 6.45) is 3.36. The third-order valence-electron chi connectivity index (χ3n) is 7.56. The smallest absolute Gasteiger partial charge is 0.224 e. The molecule has 1 saturated heterocycles. The van der Waals surface area contributed by atoms with Crippen LogP contribution in [0.1, 0.15) is 32.3 Å². The van der Waals surface area contributed by atoms with E-state index < -0.39 is 5.41 Å². The van der Waals surface area contributed by atoms with E-state index in [0.29, 0.717) is 19.4 Å². The van der Waals surface area contributed by atoms with Gasteiger partial charge in [0.2, 0.25) is 5.91 Å². The molecule has 5 unspecified atom stereocenters. The molecule has 5 rings (SSSR count). The second kappa shape index (κ2) is 6.33. The Hall–Kier alpha value is -2.34. The number of amides is 1. The first-order valence-corrected chi connectivity index (χ1v) is 10.4. The molecular weight excluding hydrogens is 368 g/mol. The van der Waals surface area contributed by atoms with Gasteiger partial charge in [-0.05, 0) is 48.6 Å². The molecule has 1 saturated carbocycles. The SMILES string of the molecule is COc1ccc2c(c1)C13CCN(C)C=C4C(C)OCC(C4CC1=O)C3N2C(C)=O. The molecule has 3 aliphatic heterocycles. The molecule has 6 nitrogen and oxygen atoms in total. The van der Waals surface area contributed by atoms with Crippen molar-refractivity contribution in [1.29, 1.82) is 0 Å². The molecule has 0 aromatic heterocycles. The maximum Gasteiger partial charge on any atom is 0.224 e. The molecular formula is C23H28N2O4. The van der Waals surface area contributed by atoms with E-state index in [9.17, 15) is 9.59 Å². The largest absolute Gasteiger partial charge is 0.497 e. The van der Waals surface area contributed by atoms with E-state index in [2.05, 4.69) is 25.1 Å². The average Bonchev–Trinajstić information content (AvgIpc) is 3.02. The van der Waals surface area contributed by atoms with Gasteiger partial charge >= 0.3 is 0 Å². The molecule has 3 heterocycles. The Kier molecular flexibility index (Phi) is 4.07. The van der Waals surface area contributed by atoms with Crippen LogP contribution in [0.5, 0.6) is 5.75 Å². The predicted octanol–water partition coefficient (Wildman–Crippen LogP) is 2.51. The van der Waals surface area contributed by atoms with Gasteiger partial charge in [-0.25, -0.2) is 0 Å². The normalized spacial score (nSPS) is 35.3. The van der Waals surface area contributed by atoms with Gasteiger partial charge in [-0.15, -0.1) is 0 Å². The van der Waals surface area contributed by atoms with Gasteiger partial charge in [0.25, 0.3) is 0 Å². The monoisotopic (exact) mass is 396 g/mol. The topological polar surface area (TPSA) is 59.1 Å². The van der Waals surface area contributed by atoms with Gasteiger partial charge in [0.1, 0.15) is 11.5 Å². The van der Waals surface area contributed by atoms with E-state index >= 15 is 0 Å². The highest BCUT2D eigenvalue weighted by Crippen LogP contribution is 2.58. The lowest BCUT2D eigenvalue weighted by atomic mass is 9.56. The molecule has 0 radical (unpaired) electrons. The van der Waals surface area contributed by atoms with E-state index in [1.165, 1.54) is 5.57 Å². The Balaban J connectivity index is 1.78. The quantitative estimate of drug-likeness (QED) is 0.730. The van der Waals surface area contributed by atoms with Crippen LogP contribution in [0.15, 0.2) is 30.0 Å². The molecule has 1 aromatic carbocycles. The highest BCUT2D eigenvalue weighted by atomic mass is 16.5. The van der Waals surface area contributed by atoms with Crippen LogP contribution in [-0.2, 0) is 19.7 Å². The number of Topliss-reactive ketones (excluding diaryl/α,β-unsaturated/α-hetero) is 1. The van der Waals surface area contributed by atoms with Crippen LogP contribution in [-0.4, -0.2) is 56.0 Å². The van der Waals surface area contributed by atoms with Crippen molar-refractivity contribution >= 4 is 17.4 Å². The van der Waals surface area contributed by atoms with Crippen molar-refractivity contribution in [2.75, 3.05) is 32.2 Å². The molecule has 6 heteroatoms. The van der Waals surface area contributed by atoms with Gasteiger partial charge in [0.15, 0.2) is 0 Å². The fourth-order valence-electron chi connectivity index (χ4n) is 6.25. The number of nitrogens with zero attached hydrogens (tertiary/aromatic N) is 2. The van der Waals surface area contributed by atoms with E-state index in [1.807, 2.05) is 23.1 Å². The summed E-state index contributed by atoms with van der Waals surface area (Å²) in [7, 11) is 3.70. The Morgan fingerprint density at radius 3 is 2.86 bits per heavy atom. The first-order valence-electron chi connectivity index (χ1n) is 10.4. The number of carbonyl (C=O) groups excluding carboxylic acids is 2. The third kappa shape index (κ3) is 2.38. The standard InChI is InChI=1S/C23H28N2O4/c1-13-17-11-24(3)8-7-23-19-9-15(28-4)5-6-20(19)25(14(2)26)22(23)18(12-29-13)16(17)10-21(23)27/h5-6,9,11,13,16,18,22H,7-8,10,12H2,1-4H3. The summed E-state index contributed by atoms with van der Waals surface area (Å²) in [6, 6.07) is 5.58. The number of rotatable bonds is 1. The van der Waals surface area contributed by atoms with Crippen LogP contribution >= 0.6 is 0 Å². The van der Waals surface area contributed by atoms with Crippen molar-refractivity contribution in [1.82, 2.24) is 4.90 Å². The van der Waals surface area contributed by atoms with Gasteiger partial charge in [-0.2, -0.15) is 0 Å². The minimum absolute atomic E-state index is 0.00764. The number of anilines is 1. The number of hydrogen-bond acceptors (Lipinski definition) is 5. The number of carbonyl (C=O) groups is 2. The summed E-state index contributed by atoms with van der Waals surface area (Å²) in [6.45, 7) is 4.99. The molecule has 4 aliphatic rings.